The number of aliphatic hydroxyl groups excluding tert-OH is 1. The first-order valence-electron chi connectivity index (χ1n) is 6.49. The fourth-order valence-corrected chi connectivity index (χ4v) is 2.77. The highest BCUT2D eigenvalue weighted by molar-refractivity contribution is 6.21. The van der Waals surface area contributed by atoms with Crippen LogP contribution in [0.25, 0.3) is 0 Å². The zero-order chi connectivity index (χ0) is 13.6. The second kappa shape index (κ2) is 4.35. The number of hydrogen-bond acceptors (Lipinski definition) is 4. The molecule has 5 nitrogen and oxygen atoms in total. The molecule has 2 N–H and O–H groups in total. The van der Waals surface area contributed by atoms with E-state index in [0.717, 1.165) is 29.8 Å². The van der Waals surface area contributed by atoms with Gasteiger partial charge in [-0.1, -0.05) is 0 Å². The third-order valence-corrected chi connectivity index (χ3v) is 3.92. The molecule has 3 rings (SSSR count). The van der Waals surface area contributed by atoms with Crippen molar-refractivity contribution in [2.75, 3.05) is 12.4 Å². The summed E-state index contributed by atoms with van der Waals surface area (Å²) in [6, 6.07) is 5.18. The largest absolute Gasteiger partial charge is 0.391 e. The van der Waals surface area contributed by atoms with Crippen molar-refractivity contribution in [3.8, 4) is 0 Å². The van der Waals surface area contributed by atoms with Gasteiger partial charge in [0.25, 0.3) is 11.8 Å². The van der Waals surface area contributed by atoms with Gasteiger partial charge in [-0.15, -0.1) is 0 Å². The van der Waals surface area contributed by atoms with E-state index in [1.165, 1.54) is 7.05 Å². The van der Waals surface area contributed by atoms with E-state index in [2.05, 4.69) is 5.32 Å². The Labute approximate surface area is 111 Å². The Morgan fingerprint density at radius 3 is 2.63 bits per heavy atom. The molecule has 1 saturated carbocycles. The highest BCUT2D eigenvalue weighted by Gasteiger charge is 2.33. The number of fused-ring (bicyclic) bond motifs is 1. The van der Waals surface area contributed by atoms with Crippen LogP contribution >= 0.6 is 0 Å². The van der Waals surface area contributed by atoms with Gasteiger partial charge in [0.1, 0.15) is 0 Å². The summed E-state index contributed by atoms with van der Waals surface area (Å²) in [5.74, 6) is -0.525. The van der Waals surface area contributed by atoms with Crippen molar-refractivity contribution in [2.24, 2.45) is 0 Å². The highest BCUT2D eigenvalue weighted by Crippen LogP contribution is 2.27. The number of amides is 2. The van der Waals surface area contributed by atoms with Crippen molar-refractivity contribution < 1.29 is 14.7 Å². The molecule has 0 saturated heterocycles. The van der Waals surface area contributed by atoms with E-state index in [0.29, 0.717) is 11.1 Å². The highest BCUT2D eigenvalue weighted by atomic mass is 16.3. The lowest BCUT2D eigenvalue weighted by molar-refractivity contribution is 0.0693. The van der Waals surface area contributed by atoms with Gasteiger partial charge < -0.3 is 10.4 Å². The van der Waals surface area contributed by atoms with E-state index < -0.39 is 0 Å². The SMILES string of the molecule is CN1C(=O)c2ccc(N[C@@H]3CCC[C@H]3O)cc2C1=O. The van der Waals surface area contributed by atoms with E-state index in [4.69, 9.17) is 0 Å². The minimum absolute atomic E-state index is 0.0305. The number of carbonyl (C=O) groups is 2. The zero-order valence-corrected chi connectivity index (χ0v) is 10.7. The van der Waals surface area contributed by atoms with Crippen LogP contribution in [0.5, 0.6) is 0 Å². The summed E-state index contributed by atoms with van der Waals surface area (Å²) in [4.78, 5) is 24.8. The fourth-order valence-electron chi connectivity index (χ4n) is 2.77. The number of benzene rings is 1. The lowest BCUT2D eigenvalue weighted by Crippen LogP contribution is -2.27. The van der Waals surface area contributed by atoms with Gasteiger partial charge in [0.2, 0.25) is 0 Å². The van der Waals surface area contributed by atoms with E-state index in [9.17, 15) is 14.7 Å². The summed E-state index contributed by atoms with van der Waals surface area (Å²) in [6.07, 6.45) is 2.39. The van der Waals surface area contributed by atoms with Crippen LogP contribution in [0.4, 0.5) is 5.69 Å². The first-order valence-corrected chi connectivity index (χ1v) is 6.49. The molecule has 0 bridgehead atoms. The maximum atomic E-state index is 11.9. The topological polar surface area (TPSA) is 69.6 Å². The molecule has 0 aromatic heterocycles. The minimum Gasteiger partial charge on any atom is -0.391 e. The van der Waals surface area contributed by atoms with Gasteiger partial charge >= 0.3 is 0 Å². The predicted octanol–water partition coefficient (Wildman–Crippen LogP) is 1.24. The van der Waals surface area contributed by atoms with Crippen LogP contribution in [0, 0.1) is 0 Å². The lowest BCUT2D eigenvalue weighted by atomic mass is 10.1. The zero-order valence-electron chi connectivity index (χ0n) is 10.7. The quantitative estimate of drug-likeness (QED) is 0.785. The molecule has 0 spiro atoms. The summed E-state index contributed by atoms with van der Waals surface area (Å²) in [5, 5.41) is 13.0. The molecule has 1 aliphatic carbocycles. The van der Waals surface area contributed by atoms with Gasteiger partial charge in [-0.2, -0.15) is 0 Å². The average Bonchev–Trinajstić information content (AvgIpc) is 2.89. The third kappa shape index (κ3) is 1.90. The Kier molecular flexibility index (Phi) is 2.78. The van der Waals surface area contributed by atoms with Crippen LogP contribution in [-0.2, 0) is 0 Å². The van der Waals surface area contributed by atoms with Gasteiger partial charge in [0.15, 0.2) is 0 Å². The van der Waals surface area contributed by atoms with Crippen LogP contribution in [0.1, 0.15) is 40.0 Å². The summed E-state index contributed by atoms with van der Waals surface area (Å²) in [5.41, 5.74) is 1.66. The Morgan fingerprint density at radius 2 is 1.95 bits per heavy atom. The number of nitrogens with one attached hydrogen (secondary N) is 1. The van der Waals surface area contributed by atoms with E-state index in [1.807, 2.05) is 0 Å². The molecule has 1 aromatic rings. The first-order chi connectivity index (χ1) is 9.08. The van der Waals surface area contributed by atoms with Gasteiger partial charge in [-0.25, -0.2) is 0 Å². The Morgan fingerprint density at radius 1 is 1.21 bits per heavy atom. The Bertz CT molecular complexity index is 556. The Balaban J connectivity index is 1.87. The van der Waals surface area contributed by atoms with E-state index in [1.54, 1.807) is 18.2 Å². The molecule has 5 heteroatoms. The molecule has 1 aliphatic heterocycles. The maximum Gasteiger partial charge on any atom is 0.261 e. The number of aliphatic hydroxyl groups is 1. The van der Waals surface area contributed by atoms with Crippen LogP contribution in [0.15, 0.2) is 18.2 Å². The molecule has 2 aliphatic rings. The summed E-state index contributed by atoms with van der Waals surface area (Å²) >= 11 is 0. The molecular formula is C14H16N2O3. The minimum atomic E-state index is -0.340. The summed E-state index contributed by atoms with van der Waals surface area (Å²) in [7, 11) is 1.48. The molecule has 19 heavy (non-hydrogen) atoms. The molecule has 100 valence electrons. The predicted molar refractivity (Wildman–Crippen MR) is 70.1 cm³/mol. The second-order valence-corrected chi connectivity index (χ2v) is 5.18. The number of anilines is 1. The average molecular weight is 260 g/mol. The van der Waals surface area contributed by atoms with Crippen molar-refractivity contribution in [2.45, 2.75) is 31.4 Å². The van der Waals surface area contributed by atoms with Crippen molar-refractivity contribution >= 4 is 17.5 Å². The fraction of sp³-hybridized carbons (Fsp3) is 0.429. The normalized spacial score (nSPS) is 25.9. The van der Waals surface area contributed by atoms with E-state index in [-0.39, 0.29) is 24.0 Å². The molecule has 1 aromatic carbocycles. The van der Waals surface area contributed by atoms with Gasteiger partial charge in [0.05, 0.1) is 23.3 Å². The smallest absolute Gasteiger partial charge is 0.261 e. The standard InChI is InChI=1S/C14H16N2O3/c1-16-13(18)9-6-5-8(7-10(9)14(16)19)15-11-3-2-4-12(11)17/h5-7,11-12,15,17H,2-4H2,1H3/t11-,12-/m1/s1. The summed E-state index contributed by atoms with van der Waals surface area (Å²) < 4.78 is 0. The molecule has 0 unspecified atom stereocenters. The van der Waals surface area contributed by atoms with Crippen molar-refractivity contribution in [3.05, 3.63) is 29.3 Å². The molecule has 0 radical (unpaired) electrons. The van der Waals surface area contributed by atoms with Crippen molar-refractivity contribution in [3.63, 3.8) is 0 Å². The number of rotatable bonds is 2. The van der Waals surface area contributed by atoms with Crippen molar-refractivity contribution in [1.29, 1.82) is 0 Å². The van der Waals surface area contributed by atoms with Gasteiger partial charge in [-0.3, -0.25) is 14.5 Å². The lowest BCUT2D eigenvalue weighted by Gasteiger charge is -2.18. The molecule has 1 heterocycles. The molecular weight excluding hydrogens is 244 g/mol. The van der Waals surface area contributed by atoms with Crippen LogP contribution in [0.2, 0.25) is 0 Å². The molecule has 2 atom stereocenters. The van der Waals surface area contributed by atoms with Gasteiger partial charge in [0, 0.05) is 12.7 Å². The van der Waals surface area contributed by atoms with Crippen LogP contribution in [-0.4, -0.2) is 41.0 Å². The monoisotopic (exact) mass is 260 g/mol. The first kappa shape index (κ1) is 12.2. The number of imide groups is 1. The summed E-state index contributed by atoms with van der Waals surface area (Å²) in [6.45, 7) is 0. The Hall–Kier alpha value is -1.88. The number of nitrogens with zero attached hydrogens (tertiary/aromatic N) is 1. The second-order valence-electron chi connectivity index (χ2n) is 5.18. The number of hydrogen-bond donors (Lipinski definition) is 2. The van der Waals surface area contributed by atoms with E-state index >= 15 is 0 Å². The molecule has 1 fully saturated rings. The van der Waals surface area contributed by atoms with Crippen LogP contribution in [0.3, 0.4) is 0 Å². The van der Waals surface area contributed by atoms with Crippen molar-refractivity contribution in [1.82, 2.24) is 4.90 Å². The number of carbonyl (C=O) groups excluding carboxylic acids is 2. The third-order valence-electron chi connectivity index (χ3n) is 3.92. The van der Waals surface area contributed by atoms with Gasteiger partial charge in [-0.05, 0) is 37.5 Å². The molecule has 2 amide bonds. The van der Waals surface area contributed by atoms with Crippen LogP contribution < -0.4 is 5.32 Å². The maximum absolute atomic E-state index is 11.9.